The van der Waals surface area contributed by atoms with Crippen LogP contribution in [0.4, 0.5) is 0 Å². The number of nitrogens with one attached hydrogen (secondary N) is 1. The molecule has 0 aliphatic heterocycles. The van der Waals surface area contributed by atoms with Crippen LogP contribution < -0.4 is 5.32 Å². The topological polar surface area (TPSA) is 49.4 Å². The van der Waals surface area contributed by atoms with Gasteiger partial charge in [-0.2, -0.15) is 0 Å². The molecule has 2 atom stereocenters. The fourth-order valence-electron chi connectivity index (χ4n) is 3.63. The van der Waals surface area contributed by atoms with Crippen molar-refractivity contribution in [2.24, 2.45) is 0 Å². The number of aryl methyl sites for hydroxylation is 1. The third-order valence-corrected chi connectivity index (χ3v) is 6.33. The Kier molecular flexibility index (Phi) is 10.2. The largest absolute Gasteiger partial charge is 0.352 e. The Labute approximate surface area is 198 Å². The van der Waals surface area contributed by atoms with E-state index in [1.807, 2.05) is 45.0 Å². The van der Waals surface area contributed by atoms with Crippen molar-refractivity contribution < 1.29 is 9.59 Å². The summed E-state index contributed by atoms with van der Waals surface area (Å²) < 4.78 is 0. The van der Waals surface area contributed by atoms with Gasteiger partial charge < -0.3 is 10.2 Å². The van der Waals surface area contributed by atoms with Crippen LogP contribution in [-0.4, -0.2) is 28.8 Å². The van der Waals surface area contributed by atoms with E-state index < -0.39 is 6.04 Å². The quantitative estimate of drug-likeness (QED) is 0.443. The third kappa shape index (κ3) is 7.37. The van der Waals surface area contributed by atoms with Gasteiger partial charge in [-0.1, -0.05) is 81.8 Å². The molecular formula is C27H37ClN2O2. The summed E-state index contributed by atoms with van der Waals surface area (Å²) >= 11 is 6.38. The van der Waals surface area contributed by atoms with Gasteiger partial charge in [-0.25, -0.2) is 0 Å². The lowest BCUT2D eigenvalue weighted by Crippen LogP contribution is -2.50. The van der Waals surface area contributed by atoms with Crippen molar-refractivity contribution in [1.82, 2.24) is 10.2 Å². The van der Waals surface area contributed by atoms with Crippen molar-refractivity contribution in [2.75, 3.05) is 0 Å². The average Bonchev–Trinajstić information content (AvgIpc) is 2.78. The monoisotopic (exact) mass is 456 g/mol. The first-order chi connectivity index (χ1) is 15.3. The minimum Gasteiger partial charge on any atom is -0.352 e. The molecule has 174 valence electrons. The Balaban J connectivity index is 2.20. The average molecular weight is 457 g/mol. The number of carbonyl (C=O) groups is 2. The smallest absolute Gasteiger partial charge is 0.243 e. The second kappa shape index (κ2) is 12.6. The molecule has 1 N–H and O–H groups in total. The van der Waals surface area contributed by atoms with Crippen LogP contribution in [0.5, 0.6) is 0 Å². The minimum absolute atomic E-state index is 0.0380. The summed E-state index contributed by atoms with van der Waals surface area (Å²) in [5.74, 6) is 0.332. The second-order valence-electron chi connectivity index (χ2n) is 8.75. The lowest BCUT2D eigenvalue weighted by atomic mass is 10.00. The molecular weight excluding hydrogens is 420 g/mol. The maximum atomic E-state index is 13.4. The number of nitrogens with zero attached hydrogens (tertiary/aromatic N) is 1. The molecule has 0 aliphatic rings. The van der Waals surface area contributed by atoms with E-state index in [9.17, 15) is 9.59 Å². The van der Waals surface area contributed by atoms with Crippen LogP contribution in [0.3, 0.4) is 0 Å². The van der Waals surface area contributed by atoms with Gasteiger partial charge in [-0.05, 0) is 54.9 Å². The Morgan fingerprint density at radius 3 is 2.19 bits per heavy atom. The Morgan fingerprint density at radius 1 is 0.969 bits per heavy atom. The number of carbonyl (C=O) groups excluding carboxylic acids is 2. The Hall–Kier alpha value is -2.33. The molecule has 2 rings (SSSR count). The van der Waals surface area contributed by atoms with Gasteiger partial charge in [0, 0.05) is 24.0 Å². The maximum Gasteiger partial charge on any atom is 0.243 e. The van der Waals surface area contributed by atoms with E-state index in [1.165, 1.54) is 5.56 Å². The van der Waals surface area contributed by atoms with E-state index in [0.717, 1.165) is 17.5 Å². The van der Waals surface area contributed by atoms with Crippen molar-refractivity contribution in [3.8, 4) is 0 Å². The molecule has 0 fully saturated rings. The van der Waals surface area contributed by atoms with E-state index in [1.54, 1.807) is 4.90 Å². The molecule has 0 saturated heterocycles. The molecule has 0 aliphatic carbocycles. The summed E-state index contributed by atoms with van der Waals surface area (Å²) in [7, 11) is 0. The van der Waals surface area contributed by atoms with Crippen LogP contribution in [0.25, 0.3) is 0 Å². The molecule has 2 aromatic rings. The van der Waals surface area contributed by atoms with Crippen molar-refractivity contribution in [2.45, 2.75) is 84.8 Å². The minimum atomic E-state index is -0.531. The Morgan fingerprint density at radius 2 is 1.62 bits per heavy atom. The predicted molar refractivity (Wildman–Crippen MR) is 133 cm³/mol. The molecule has 2 aromatic carbocycles. The molecule has 0 radical (unpaired) electrons. The highest BCUT2D eigenvalue weighted by atomic mass is 35.5. The van der Waals surface area contributed by atoms with Gasteiger partial charge in [0.05, 0.1) is 0 Å². The molecule has 0 heterocycles. The van der Waals surface area contributed by atoms with E-state index in [2.05, 4.69) is 43.4 Å². The van der Waals surface area contributed by atoms with Crippen molar-refractivity contribution in [1.29, 1.82) is 0 Å². The first-order valence-corrected chi connectivity index (χ1v) is 12.1. The van der Waals surface area contributed by atoms with E-state index in [-0.39, 0.29) is 17.9 Å². The number of rotatable bonds is 11. The van der Waals surface area contributed by atoms with Crippen molar-refractivity contribution in [3.05, 3.63) is 70.2 Å². The first-order valence-electron chi connectivity index (χ1n) is 11.7. The molecule has 32 heavy (non-hydrogen) atoms. The van der Waals surface area contributed by atoms with E-state index in [4.69, 9.17) is 11.6 Å². The highest BCUT2D eigenvalue weighted by Crippen LogP contribution is 2.21. The van der Waals surface area contributed by atoms with Crippen LogP contribution in [0, 0.1) is 0 Å². The standard InChI is InChI=1S/C27H37ClN2O2/c1-6-20(5)29-27(32)25(7-2)30(18-23-10-8-9-11-24(23)28)26(31)17-14-21-12-15-22(16-13-21)19(3)4/h8-13,15-16,19-20,25H,6-7,14,17-18H2,1-5H3,(H,29,32)/t20-,25+/m1/s1. The van der Waals surface area contributed by atoms with Crippen molar-refractivity contribution >= 4 is 23.4 Å². The van der Waals surface area contributed by atoms with Gasteiger partial charge >= 0.3 is 0 Å². The highest BCUT2D eigenvalue weighted by molar-refractivity contribution is 6.31. The molecule has 0 spiro atoms. The van der Waals surface area contributed by atoms with Gasteiger partial charge in [0.15, 0.2) is 0 Å². The lowest BCUT2D eigenvalue weighted by molar-refractivity contribution is -0.141. The first kappa shape index (κ1) is 25.9. The zero-order valence-electron chi connectivity index (χ0n) is 20.0. The van der Waals surface area contributed by atoms with Gasteiger partial charge in [0.2, 0.25) is 11.8 Å². The van der Waals surface area contributed by atoms with Gasteiger partial charge in [0.25, 0.3) is 0 Å². The van der Waals surface area contributed by atoms with Crippen molar-refractivity contribution in [3.63, 3.8) is 0 Å². The number of hydrogen-bond acceptors (Lipinski definition) is 2. The third-order valence-electron chi connectivity index (χ3n) is 5.96. The van der Waals surface area contributed by atoms with Crippen LogP contribution >= 0.6 is 11.6 Å². The molecule has 0 bridgehead atoms. The zero-order chi connectivity index (χ0) is 23.7. The van der Waals surface area contributed by atoms with Gasteiger partial charge in [0.1, 0.15) is 6.04 Å². The van der Waals surface area contributed by atoms with Crippen LogP contribution in [0.15, 0.2) is 48.5 Å². The van der Waals surface area contributed by atoms with Gasteiger partial charge in [-0.15, -0.1) is 0 Å². The normalized spacial score (nSPS) is 13.0. The number of amides is 2. The number of hydrogen-bond donors (Lipinski definition) is 1. The van der Waals surface area contributed by atoms with Crippen LogP contribution in [0.2, 0.25) is 5.02 Å². The predicted octanol–water partition coefficient (Wildman–Crippen LogP) is 6.12. The second-order valence-corrected chi connectivity index (χ2v) is 9.16. The lowest BCUT2D eigenvalue weighted by Gasteiger charge is -2.32. The molecule has 0 aromatic heterocycles. The summed E-state index contributed by atoms with van der Waals surface area (Å²) in [5, 5.41) is 3.64. The van der Waals surface area contributed by atoms with Crippen LogP contribution in [-0.2, 0) is 22.6 Å². The zero-order valence-corrected chi connectivity index (χ0v) is 20.8. The summed E-state index contributed by atoms with van der Waals surface area (Å²) in [6.45, 7) is 10.6. The maximum absolute atomic E-state index is 13.4. The molecule has 2 amide bonds. The summed E-state index contributed by atoms with van der Waals surface area (Å²) in [5.41, 5.74) is 3.25. The fourth-order valence-corrected chi connectivity index (χ4v) is 3.83. The summed E-state index contributed by atoms with van der Waals surface area (Å²) in [6, 6.07) is 15.5. The van der Waals surface area contributed by atoms with E-state index >= 15 is 0 Å². The SMILES string of the molecule is CC[C@@H](C)NC(=O)[C@H](CC)N(Cc1ccccc1Cl)C(=O)CCc1ccc(C(C)C)cc1. The summed E-state index contributed by atoms with van der Waals surface area (Å²) in [4.78, 5) is 28.1. The molecule has 0 unspecified atom stereocenters. The molecule has 0 saturated carbocycles. The molecule has 4 nitrogen and oxygen atoms in total. The van der Waals surface area contributed by atoms with Gasteiger partial charge in [-0.3, -0.25) is 9.59 Å². The highest BCUT2D eigenvalue weighted by Gasteiger charge is 2.29. The van der Waals surface area contributed by atoms with Crippen LogP contribution in [0.1, 0.15) is 76.5 Å². The summed E-state index contributed by atoms with van der Waals surface area (Å²) in [6.07, 6.45) is 2.37. The number of benzene rings is 2. The van der Waals surface area contributed by atoms with E-state index in [0.29, 0.717) is 36.7 Å². The Bertz CT molecular complexity index is 879. The fraction of sp³-hybridized carbons (Fsp3) is 0.481. The number of halogens is 1. The molecule has 5 heteroatoms.